The SMILES string of the molecule is O=C([O-])c1cc(C(=O)[O-])cc(N2C(=O)/C(=C/c3c4ccccc4cc4ccccc34)SC2=S)c1. The molecule has 1 amide bonds. The molecule has 1 heterocycles. The van der Waals surface area contributed by atoms with Crippen molar-refractivity contribution in [3.05, 3.63) is 94.4 Å². The minimum Gasteiger partial charge on any atom is -0.545 e. The van der Waals surface area contributed by atoms with Crippen LogP contribution in [0.15, 0.2) is 77.7 Å². The lowest BCUT2D eigenvalue weighted by Crippen LogP contribution is -2.30. The summed E-state index contributed by atoms with van der Waals surface area (Å²) in [6.45, 7) is 0. The Bertz CT molecular complexity index is 1500. The monoisotopic (exact) mass is 483 g/mol. The first-order valence-corrected chi connectivity index (χ1v) is 11.3. The Labute approximate surface area is 203 Å². The van der Waals surface area contributed by atoms with Crippen LogP contribution in [0.5, 0.6) is 0 Å². The molecule has 0 radical (unpaired) electrons. The van der Waals surface area contributed by atoms with Gasteiger partial charge in [0, 0.05) is 0 Å². The Balaban J connectivity index is 1.65. The third-order valence-corrected chi connectivity index (χ3v) is 6.83. The van der Waals surface area contributed by atoms with E-state index in [-0.39, 0.29) is 10.0 Å². The summed E-state index contributed by atoms with van der Waals surface area (Å²) in [5.41, 5.74) is 0.0900. The van der Waals surface area contributed by atoms with Crippen LogP contribution < -0.4 is 15.1 Å². The highest BCUT2D eigenvalue weighted by Gasteiger charge is 2.34. The van der Waals surface area contributed by atoms with Gasteiger partial charge in [0.05, 0.1) is 22.5 Å². The number of hydrogen-bond donors (Lipinski definition) is 0. The quantitative estimate of drug-likeness (QED) is 0.250. The highest BCUT2D eigenvalue weighted by atomic mass is 32.2. The molecule has 0 N–H and O–H groups in total. The fourth-order valence-corrected chi connectivity index (χ4v) is 5.28. The Morgan fingerprint density at radius 3 is 1.88 bits per heavy atom. The average Bonchev–Trinajstić information content (AvgIpc) is 3.11. The number of carbonyl (C=O) groups excluding carboxylic acids is 3. The van der Waals surface area contributed by atoms with Crippen LogP contribution in [0.25, 0.3) is 27.6 Å². The van der Waals surface area contributed by atoms with Gasteiger partial charge >= 0.3 is 0 Å². The second-order valence-electron chi connectivity index (χ2n) is 7.59. The van der Waals surface area contributed by atoms with Gasteiger partial charge < -0.3 is 19.8 Å². The van der Waals surface area contributed by atoms with Gasteiger partial charge in [0.25, 0.3) is 5.91 Å². The van der Waals surface area contributed by atoms with Crippen LogP contribution in [-0.2, 0) is 4.79 Å². The smallest absolute Gasteiger partial charge is 0.270 e. The molecule has 0 saturated carbocycles. The number of carboxylic acid groups (broad SMARTS) is 2. The van der Waals surface area contributed by atoms with Gasteiger partial charge in [-0.25, -0.2) is 0 Å². The van der Waals surface area contributed by atoms with Crippen LogP contribution in [0, 0.1) is 0 Å². The Morgan fingerprint density at radius 2 is 1.35 bits per heavy atom. The number of nitrogens with zero attached hydrogens (tertiary/aromatic N) is 1. The number of anilines is 1. The summed E-state index contributed by atoms with van der Waals surface area (Å²) < 4.78 is 0.153. The van der Waals surface area contributed by atoms with Gasteiger partial charge in [-0.3, -0.25) is 9.69 Å². The number of benzene rings is 4. The summed E-state index contributed by atoms with van der Waals surface area (Å²) >= 11 is 6.46. The summed E-state index contributed by atoms with van der Waals surface area (Å²) in [6.07, 6.45) is 1.77. The number of thiocarbonyl (C=S) groups is 1. The fraction of sp³-hybridized carbons (Fsp3) is 0. The Hall–Kier alpha value is -4.01. The predicted octanol–water partition coefficient (Wildman–Crippen LogP) is 3.13. The molecular formula is C26H13NO5S2-2. The second-order valence-corrected chi connectivity index (χ2v) is 9.27. The maximum atomic E-state index is 13.4. The van der Waals surface area contributed by atoms with Gasteiger partial charge in [0.2, 0.25) is 0 Å². The number of amides is 1. The molecule has 1 saturated heterocycles. The molecule has 1 fully saturated rings. The molecule has 0 spiro atoms. The molecule has 8 heteroatoms. The van der Waals surface area contributed by atoms with E-state index >= 15 is 0 Å². The molecule has 0 atom stereocenters. The van der Waals surface area contributed by atoms with Crippen molar-refractivity contribution in [1.29, 1.82) is 0 Å². The van der Waals surface area contributed by atoms with Crippen molar-refractivity contribution >= 4 is 79.5 Å². The zero-order valence-electron chi connectivity index (χ0n) is 17.3. The minimum atomic E-state index is -1.58. The van der Waals surface area contributed by atoms with Crippen molar-refractivity contribution < 1.29 is 24.6 Å². The number of hydrogen-bond acceptors (Lipinski definition) is 7. The van der Waals surface area contributed by atoms with Gasteiger partial charge in [-0.05, 0) is 68.6 Å². The molecule has 6 nitrogen and oxygen atoms in total. The summed E-state index contributed by atoms with van der Waals surface area (Å²) in [5.74, 6) is -3.63. The predicted molar refractivity (Wildman–Crippen MR) is 132 cm³/mol. The van der Waals surface area contributed by atoms with Crippen LogP contribution in [-0.4, -0.2) is 22.2 Å². The summed E-state index contributed by atoms with van der Waals surface area (Å²) in [5, 5.41) is 26.7. The molecular weight excluding hydrogens is 470 g/mol. The second kappa shape index (κ2) is 8.40. The van der Waals surface area contributed by atoms with Crippen LogP contribution in [0.3, 0.4) is 0 Å². The lowest BCUT2D eigenvalue weighted by molar-refractivity contribution is -0.255. The molecule has 34 heavy (non-hydrogen) atoms. The Morgan fingerprint density at radius 1 is 0.824 bits per heavy atom. The molecule has 4 aromatic rings. The minimum absolute atomic E-state index is 0.0228. The number of rotatable bonds is 4. The van der Waals surface area contributed by atoms with Crippen molar-refractivity contribution in [3.63, 3.8) is 0 Å². The van der Waals surface area contributed by atoms with E-state index in [1.807, 2.05) is 48.5 Å². The highest BCUT2D eigenvalue weighted by Crippen LogP contribution is 2.39. The van der Waals surface area contributed by atoms with Crippen LogP contribution >= 0.6 is 24.0 Å². The fourth-order valence-electron chi connectivity index (χ4n) is 4.00. The van der Waals surface area contributed by atoms with Crippen molar-refractivity contribution in [2.45, 2.75) is 0 Å². The van der Waals surface area contributed by atoms with Gasteiger partial charge in [-0.2, -0.15) is 0 Å². The zero-order valence-corrected chi connectivity index (χ0v) is 18.9. The molecule has 0 aliphatic carbocycles. The first kappa shape index (κ1) is 21.8. The maximum Gasteiger partial charge on any atom is 0.270 e. The van der Waals surface area contributed by atoms with Crippen LogP contribution in [0.4, 0.5) is 5.69 Å². The topological polar surface area (TPSA) is 101 Å². The molecule has 1 aliphatic heterocycles. The average molecular weight is 484 g/mol. The zero-order chi connectivity index (χ0) is 24.0. The molecule has 0 bridgehead atoms. The molecule has 1 aliphatic rings. The molecule has 0 aromatic heterocycles. The molecule has 0 unspecified atom stereocenters. The third-order valence-electron chi connectivity index (χ3n) is 5.53. The van der Waals surface area contributed by atoms with Gasteiger partial charge in [-0.1, -0.05) is 72.5 Å². The molecule has 166 valence electrons. The summed E-state index contributed by atoms with van der Waals surface area (Å²) in [4.78, 5) is 37.6. The molecule has 4 aromatic carbocycles. The van der Waals surface area contributed by atoms with E-state index in [1.54, 1.807) is 6.08 Å². The van der Waals surface area contributed by atoms with Crippen molar-refractivity contribution in [3.8, 4) is 0 Å². The number of carboxylic acids is 2. The normalized spacial score (nSPS) is 14.9. The van der Waals surface area contributed by atoms with E-state index in [0.29, 0.717) is 4.91 Å². The van der Waals surface area contributed by atoms with E-state index in [1.165, 1.54) is 0 Å². The van der Waals surface area contributed by atoms with Crippen LogP contribution in [0.2, 0.25) is 0 Å². The first-order valence-electron chi connectivity index (χ1n) is 10.1. The van der Waals surface area contributed by atoms with E-state index in [2.05, 4.69) is 6.07 Å². The largest absolute Gasteiger partial charge is 0.545 e. The number of aromatic carboxylic acids is 2. The Kier molecular flexibility index (Phi) is 5.39. The lowest BCUT2D eigenvalue weighted by atomic mass is 9.96. The van der Waals surface area contributed by atoms with Crippen molar-refractivity contribution in [2.24, 2.45) is 0 Å². The first-order chi connectivity index (χ1) is 16.3. The lowest BCUT2D eigenvalue weighted by Gasteiger charge is -2.18. The van der Waals surface area contributed by atoms with E-state index in [0.717, 1.165) is 62.0 Å². The third kappa shape index (κ3) is 3.72. The molecule has 5 rings (SSSR count). The van der Waals surface area contributed by atoms with E-state index in [9.17, 15) is 24.6 Å². The van der Waals surface area contributed by atoms with Gasteiger partial charge in [0.15, 0.2) is 4.32 Å². The van der Waals surface area contributed by atoms with Gasteiger partial charge in [-0.15, -0.1) is 0 Å². The van der Waals surface area contributed by atoms with E-state index in [4.69, 9.17) is 12.2 Å². The highest BCUT2D eigenvalue weighted by molar-refractivity contribution is 8.27. The van der Waals surface area contributed by atoms with Gasteiger partial charge in [0.1, 0.15) is 0 Å². The van der Waals surface area contributed by atoms with Crippen molar-refractivity contribution in [2.75, 3.05) is 4.90 Å². The summed E-state index contributed by atoms with van der Waals surface area (Å²) in [7, 11) is 0. The number of carbonyl (C=O) groups is 3. The van der Waals surface area contributed by atoms with Crippen LogP contribution in [0.1, 0.15) is 26.3 Å². The number of thioether (sulfide) groups is 1. The number of fused-ring (bicyclic) bond motifs is 2. The van der Waals surface area contributed by atoms with E-state index < -0.39 is 29.0 Å². The maximum absolute atomic E-state index is 13.4. The summed E-state index contributed by atoms with van der Waals surface area (Å²) in [6, 6.07) is 21.0. The standard InChI is InChI=1S/C26H15NO5S2/c28-23-22(13-21-19-7-3-1-5-14(19)9-15-6-2-4-8-20(15)21)34-26(33)27(23)18-11-16(24(29)30)10-17(12-18)25(31)32/h1-13H,(H,29,30)(H,31,32)/p-2/b22-13-. The van der Waals surface area contributed by atoms with Crippen molar-refractivity contribution in [1.82, 2.24) is 0 Å².